The van der Waals surface area contributed by atoms with Crippen molar-refractivity contribution >= 4 is 11.6 Å². The highest BCUT2D eigenvalue weighted by atomic mass is 35.5. The van der Waals surface area contributed by atoms with Crippen LogP contribution in [0.15, 0.2) is 18.6 Å². The standard InChI is InChI=1S/C13H13ClN4/c14-12-5-10(8-1-2-8)16-13(17-12)11-6-15-7-18(11)9-3-4-9/h5-9H,1-4H2. The first kappa shape index (κ1) is 10.5. The molecule has 0 unspecified atom stereocenters. The fraction of sp³-hybridized carbons (Fsp3) is 0.462. The van der Waals surface area contributed by atoms with Gasteiger partial charge in [-0.3, -0.25) is 0 Å². The number of imidazole rings is 1. The molecule has 2 aliphatic carbocycles. The third kappa shape index (κ3) is 1.81. The Kier molecular flexibility index (Phi) is 2.21. The zero-order valence-electron chi connectivity index (χ0n) is 9.88. The largest absolute Gasteiger partial charge is 0.325 e. The summed E-state index contributed by atoms with van der Waals surface area (Å²) in [6, 6.07) is 2.47. The van der Waals surface area contributed by atoms with E-state index in [0.29, 0.717) is 22.9 Å². The number of rotatable bonds is 3. The smallest absolute Gasteiger partial charge is 0.179 e. The number of halogens is 1. The average molecular weight is 261 g/mol. The van der Waals surface area contributed by atoms with Crippen molar-refractivity contribution in [3.63, 3.8) is 0 Å². The van der Waals surface area contributed by atoms with Crippen LogP contribution in [0.4, 0.5) is 0 Å². The van der Waals surface area contributed by atoms with Crippen LogP contribution in [-0.4, -0.2) is 19.5 Å². The molecule has 2 aliphatic rings. The summed E-state index contributed by atoms with van der Waals surface area (Å²) in [5, 5.41) is 0.533. The number of hydrogen-bond donors (Lipinski definition) is 0. The van der Waals surface area contributed by atoms with Crippen LogP contribution in [0.5, 0.6) is 0 Å². The van der Waals surface area contributed by atoms with Gasteiger partial charge in [-0.25, -0.2) is 15.0 Å². The predicted molar refractivity (Wildman–Crippen MR) is 68.5 cm³/mol. The van der Waals surface area contributed by atoms with E-state index in [-0.39, 0.29) is 0 Å². The molecule has 92 valence electrons. The van der Waals surface area contributed by atoms with Crippen LogP contribution in [0, 0.1) is 0 Å². The molecule has 2 aromatic heterocycles. The van der Waals surface area contributed by atoms with E-state index in [1.54, 1.807) is 0 Å². The highest BCUT2D eigenvalue weighted by Gasteiger charge is 2.29. The van der Waals surface area contributed by atoms with Crippen LogP contribution in [0.2, 0.25) is 5.15 Å². The average Bonchev–Trinajstić information content (AvgIpc) is 3.26. The van der Waals surface area contributed by atoms with Gasteiger partial charge in [0.25, 0.3) is 0 Å². The fourth-order valence-electron chi connectivity index (χ4n) is 2.26. The highest BCUT2D eigenvalue weighted by Crippen LogP contribution is 2.41. The molecule has 2 fully saturated rings. The highest BCUT2D eigenvalue weighted by molar-refractivity contribution is 6.29. The van der Waals surface area contributed by atoms with Crippen LogP contribution in [-0.2, 0) is 0 Å². The van der Waals surface area contributed by atoms with E-state index in [1.165, 1.54) is 25.7 Å². The molecule has 0 N–H and O–H groups in total. The Morgan fingerprint density at radius 3 is 2.72 bits per heavy atom. The second-order valence-electron chi connectivity index (χ2n) is 5.13. The molecule has 0 aromatic carbocycles. The molecule has 4 nitrogen and oxygen atoms in total. The lowest BCUT2D eigenvalue weighted by atomic mass is 10.3. The lowest BCUT2D eigenvalue weighted by molar-refractivity contribution is 0.742. The third-order valence-corrected chi connectivity index (χ3v) is 3.74. The van der Waals surface area contributed by atoms with Crippen molar-refractivity contribution in [2.24, 2.45) is 0 Å². The molecule has 0 amide bonds. The molecule has 5 heteroatoms. The lowest BCUT2D eigenvalue weighted by Gasteiger charge is -2.07. The van der Waals surface area contributed by atoms with Gasteiger partial charge < -0.3 is 4.57 Å². The van der Waals surface area contributed by atoms with Gasteiger partial charge in [0, 0.05) is 17.7 Å². The summed E-state index contributed by atoms with van der Waals surface area (Å²) in [5.41, 5.74) is 2.07. The summed E-state index contributed by atoms with van der Waals surface area (Å²) in [7, 11) is 0. The van der Waals surface area contributed by atoms with Gasteiger partial charge in [0.1, 0.15) is 10.8 Å². The molecular weight excluding hydrogens is 248 g/mol. The van der Waals surface area contributed by atoms with E-state index in [2.05, 4.69) is 19.5 Å². The Morgan fingerprint density at radius 2 is 2.00 bits per heavy atom. The summed E-state index contributed by atoms with van der Waals surface area (Å²) >= 11 is 6.11. The molecule has 2 saturated carbocycles. The van der Waals surface area contributed by atoms with E-state index in [0.717, 1.165) is 11.4 Å². The van der Waals surface area contributed by atoms with Crippen molar-refractivity contribution in [3.05, 3.63) is 29.4 Å². The van der Waals surface area contributed by atoms with E-state index in [4.69, 9.17) is 11.6 Å². The minimum absolute atomic E-state index is 0.533. The Labute approximate surface area is 110 Å². The maximum Gasteiger partial charge on any atom is 0.179 e. The van der Waals surface area contributed by atoms with Gasteiger partial charge in [0.15, 0.2) is 5.82 Å². The van der Waals surface area contributed by atoms with Crippen molar-refractivity contribution in [1.29, 1.82) is 0 Å². The molecule has 4 rings (SSSR count). The molecule has 18 heavy (non-hydrogen) atoms. The first-order valence-electron chi connectivity index (χ1n) is 6.38. The van der Waals surface area contributed by atoms with Crippen molar-refractivity contribution in [3.8, 4) is 11.5 Å². The minimum atomic E-state index is 0.533. The molecule has 2 aromatic rings. The Bertz CT molecular complexity index is 599. The molecule has 0 spiro atoms. The lowest BCUT2D eigenvalue weighted by Crippen LogP contribution is -2.00. The van der Waals surface area contributed by atoms with Crippen LogP contribution in [0.3, 0.4) is 0 Å². The van der Waals surface area contributed by atoms with Crippen LogP contribution >= 0.6 is 11.6 Å². The molecule has 0 radical (unpaired) electrons. The maximum absolute atomic E-state index is 6.11. The first-order valence-corrected chi connectivity index (χ1v) is 6.76. The molecule has 0 atom stereocenters. The van der Waals surface area contributed by atoms with Crippen LogP contribution in [0.1, 0.15) is 43.3 Å². The fourth-order valence-corrected chi connectivity index (χ4v) is 2.45. The monoisotopic (exact) mass is 260 g/mol. The van der Waals surface area contributed by atoms with Crippen molar-refractivity contribution in [2.75, 3.05) is 0 Å². The van der Waals surface area contributed by atoms with E-state index >= 15 is 0 Å². The number of aromatic nitrogens is 4. The Balaban J connectivity index is 1.80. The van der Waals surface area contributed by atoms with Crippen LogP contribution < -0.4 is 0 Å². The van der Waals surface area contributed by atoms with Gasteiger partial charge in [0.2, 0.25) is 0 Å². The topological polar surface area (TPSA) is 43.6 Å². The summed E-state index contributed by atoms with van der Waals surface area (Å²) in [4.78, 5) is 13.2. The number of hydrogen-bond acceptors (Lipinski definition) is 3. The zero-order chi connectivity index (χ0) is 12.1. The summed E-state index contributed by atoms with van der Waals surface area (Å²) in [6.45, 7) is 0. The van der Waals surface area contributed by atoms with Gasteiger partial charge in [0.05, 0.1) is 12.5 Å². The van der Waals surface area contributed by atoms with Gasteiger partial charge in [-0.15, -0.1) is 0 Å². The van der Waals surface area contributed by atoms with Gasteiger partial charge in [-0.1, -0.05) is 11.6 Å². The summed E-state index contributed by atoms with van der Waals surface area (Å²) in [6.07, 6.45) is 8.58. The van der Waals surface area contributed by atoms with Gasteiger partial charge >= 0.3 is 0 Å². The Morgan fingerprint density at radius 1 is 1.17 bits per heavy atom. The summed E-state index contributed by atoms with van der Waals surface area (Å²) in [5.74, 6) is 1.30. The zero-order valence-corrected chi connectivity index (χ0v) is 10.6. The maximum atomic E-state index is 6.11. The first-order chi connectivity index (χ1) is 8.81. The third-order valence-electron chi connectivity index (χ3n) is 3.55. The summed E-state index contributed by atoms with van der Waals surface area (Å²) < 4.78 is 2.17. The predicted octanol–water partition coefficient (Wildman–Crippen LogP) is 3.21. The normalized spacial score (nSPS) is 19.2. The minimum Gasteiger partial charge on any atom is -0.325 e. The second-order valence-corrected chi connectivity index (χ2v) is 5.52. The van der Waals surface area contributed by atoms with Gasteiger partial charge in [-0.05, 0) is 31.7 Å². The van der Waals surface area contributed by atoms with Gasteiger partial charge in [-0.2, -0.15) is 0 Å². The van der Waals surface area contributed by atoms with Crippen molar-refractivity contribution < 1.29 is 0 Å². The molecule has 0 aliphatic heterocycles. The van der Waals surface area contributed by atoms with E-state index in [9.17, 15) is 0 Å². The van der Waals surface area contributed by atoms with Crippen LogP contribution in [0.25, 0.3) is 11.5 Å². The molecular formula is C13H13ClN4. The van der Waals surface area contributed by atoms with Crippen molar-refractivity contribution in [1.82, 2.24) is 19.5 Å². The molecule has 0 bridgehead atoms. The van der Waals surface area contributed by atoms with E-state index < -0.39 is 0 Å². The molecule has 0 saturated heterocycles. The molecule has 2 heterocycles. The SMILES string of the molecule is Clc1cc(C2CC2)nc(-c2cncn2C2CC2)n1. The number of nitrogens with zero attached hydrogens (tertiary/aromatic N) is 4. The van der Waals surface area contributed by atoms with E-state index in [1.807, 2.05) is 18.6 Å². The quantitative estimate of drug-likeness (QED) is 0.796. The van der Waals surface area contributed by atoms with Crippen molar-refractivity contribution in [2.45, 2.75) is 37.6 Å². The second kappa shape index (κ2) is 3.79. The Hall–Kier alpha value is -1.42.